The van der Waals surface area contributed by atoms with E-state index >= 15 is 0 Å². The molecule has 1 aliphatic rings. The smallest absolute Gasteiger partial charge is 0.251 e. The van der Waals surface area contributed by atoms with Crippen LogP contribution in [0.1, 0.15) is 27.0 Å². The lowest BCUT2D eigenvalue weighted by atomic mass is 10.1. The van der Waals surface area contributed by atoms with Crippen molar-refractivity contribution >= 4 is 28.5 Å². The van der Waals surface area contributed by atoms with Gasteiger partial charge in [-0.25, -0.2) is 0 Å². The largest absolute Gasteiger partial charge is 0.348 e. The van der Waals surface area contributed by atoms with Gasteiger partial charge in [0.25, 0.3) is 5.91 Å². The van der Waals surface area contributed by atoms with Gasteiger partial charge >= 0.3 is 0 Å². The van der Waals surface area contributed by atoms with Crippen LogP contribution in [0.5, 0.6) is 0 Å². The highest BCUT2D eigenvalue weighted by atomic mass is 127. The van der Waals surface area contributed by atoms with E-state index in [1.54, 1.807) is 0 Å². The normalized spacial score (nSPS) is 13.1. The summed E-state index contributed by atoms with van der Waals surface area (Å²) in [4.78, 5) is 12.0. The van der Waals surface area contributed by atoms with Crippen LogP contribution in [0, 0.1) is 3.57 Å². The van der Waals surface area contributed by atoms with Gasteiger partial charge in [-0.05, 0) is 63.5 Å². The SMILES string of the molecule is O=C(NCc1ccc2c(c1)CNC2)c1ccc(I)cc1. The maximum absolute atomic E-state index is 12.0. The Balaban J connectivity index is 1.64. The number of amides is 1. The first kappa shape index (κ1) is 13.6. The molecular weight excluding hydrogens is 363 g/mol. The number of hydrogen-bond donors (Lipinski definition) is 2. The Morgan fingerprint density at radius 3 is 2.65 bits per heavy atom. The Kier molecular flexibility index (Phi) is 4.03. The lowest BCUT2D eigenvalue weighted by Crippen LogP contribution is -2.22. The predicted molar refractivity (Wildman–Crippen MR) is 87.3 cm³/mol. The third-order valence-electron chi connectivity index (χ3n) is 3.46. The van der Waals surface area contributed by atoms with Gasteiger partial charge < -0.3 is 10.6 Å². The van der Waals surface area contributed by atoms with E-state index in [2.05, 4.69) is 51.4 Å². The number of halogens is 1. The summed E-state index contributed by atoms with van der Waals surface area (Å²) in [7, 11) is 0. The quantitative estimate of drug-likeness (QED) is 0.807. The average Bonchev–Trinajstić information content (AvgIpc) is 2.93. The van der Waals surface area contributed by atoms with Gasteiger partial charge in [0.2, 0.25) is 0 Å². The summed E-state index contributed by atoms with van der Waals surface area (Å²) >= 11 is 2.23. The number of carbonyl (C=O) groups is 1. The molecule has 0 aromatic heterocycles. The number of hydrogen-bond acceptors (Lipinski definition) is 2. The van der Waals surface area contributed by atoms with Crippen molar-refractivity contribution in [3.05, 3.63) is 68.3 Å². The minimum absolute atomic E-state index is 0.0278. The topological polar surface area (TPSA) is 41.1 Å². The van der Waals surface area contributed by atoms with Crippen molar-refractivity contribution in [2.24, 2.45) is 0 Å². The van der Waals surface area contributed by atoms with Crippen LogP contribution >= 0.6 is 22.6 Å². The molecule has 1 heterocycles. The van der Waals surface area contributed by atoms with Gasteiger partial charge in [0.05, 0.1) is 0 Å². The Morgan fingerprint density at radius 1 is 1.10 bits per heavy atom. The van der Waals surface area contributed by atoms with Crippen molar-refractivity contribution in [2.45, 2.75) is 19.6 Å². The minimum Gasteiger partial charge on any atom is -0.348 e. The zero-order valence-corrected chi connectivity index (χ0v) is 13.1. The van der Waals surface area contributed by atoms with Crippen LogP contribution < -0.4 is 10.6 Å². The molecule has 1 aliphatic heterocycles. The zero-order valence-electron chi connectivity index (χ0n) is 10.9. The molecule has 3 rings (SSSR count). The monoisotopic (exact) mass is 378 g/mol. The molecule has 0 atom stereocenters. The lowest BCUT2D eigenvalue weighted by Gasteiger charge is -2.07. The fraction of sp³-hybridized carbons (Fsp3) is 0.188. The molecule has 0 saturated carbocycles. The second kappa shape index (κ2) is 5.93. The van der Waals surface area contributed by atoms with Crippen molar-refractivity contribution in [2.75, 3.05) is 0 Å². The van der Waals surface area contributed by atoms with Crippen LogP contribution in [-0.2, 0) is 19.6 Å². The number of rotatable bonds is 3. The molecule has 20 heavy (non-hydrogen) atoms. The molecule has 0 bridgehead atoms. The first-order valence-corrected chi connectivity index (χ1v) is 7.65. The van der Waals surface area contributed by atoms with Crippen LogP contribution in [0.3, 0.4) is 0 Å². The first-order valence-electron chi connectivity index (χ1n) is 6.57. The van der Waals surface area contributed by atoms with E-state index in [1.807, 2.05) is 24.3 Å². The molecule has 0 radical (unpaired) electrons. The van der Waals surface area contributed by atoms with Gasteiger partial charge in [-0.15, -0.1) is 0 Å². The maximum Gasteiger partial charge on any atom is 0.251 e. The van der Waals surface area contributed by atoms with E-state index in [1.165, 1.54) is 11.1 Å². The Bertz CT molecular complexity index is 637. The Labute approximate surface area is 131 Å². The third kappa shape index (κ3) is 3.02. The molecule has 2 aromatic rings. The Morgan fingerprint density at radius 2 is 1.85 bits per heavy atom. The summed E-state index contributed by atoms with van der Waals surface area (Å²) in [5.74, 6) is -0.0278. The fourth-order valence-electron chi connectivity index (χ4n) is 2.34. The zero-order chi connectivity index (χ0) is 13.9. The first-order chi connectivity index (χ1) is 9.72. The van der Waals surface area contributed by atoms with Crippen LogP contribution in [0.2, 0.25) is 0 Å². The summed E-state index contributed by atoms with van der Waals surface area (Å²) in [6.07, 6.45) is 0. The summed E-state index contributed by atoms with van der Waals surface area (Å²) in [5, 5.41) is 6.29. The molecule has 3 nitrogen and oxygen atoms in total. The standard InChI is InChI=1S/C16H15IN2O/c17-15-5-3-12(4-6-15)16(20)19-8-11-1-2-13-9-18-10-14(13)7-11/h1-7,18H,8-10H2,(H,19,20). The van der Waals surface area contributed by atoms with Crippen molar-refractivity contribution in [3.8, 4) is 0 Å². The molecule has 0 saturated heterocycles. The average molecular weight is 378 g/mol. The van der Waals surface area contributed by atoms with Crippen LogP contribution in [0.25, 0.3) is 0 Å². The van der Waals surface area contributed by atoms with Crippen LogP contribution in [0.15, 0.2) is 42.5 Å². The third-order valence-corrected chi connectivity index (χ3v) is 4.18. The Hall–Kier alpha value is -1.40. The van der Waals surface area contributed by atoms with E-state index in [4.69, 9.17) is 0 Å². The summed E-state index contributed by atoms with van der Waals surface area (Å²) < 4.78 is 1.13. The molecule has 2 N–H and O–H groups in total. The molecule has 2 aromatic carbocycles. The van der Waals surface area contributed by atoms with E-state index in [-0.39, 0.29) is 5.91 Å². The molecule has 102 valence electrons. The van der Waals surface area contributed by atoms with Crippen molar-refractivity contribution < 1.29 is 4.79 Å². The number of fused-ring (bicyclic) bond motifs is 1. The summed E-state index contributed by atoms with van der Waals surface area (Å²) in [5.41, 5.74) is 4.54. The number of carbonyl (C=O) groups excluding carboxylic acids is 1. The molecule has 0 fully saturated rings. The van der Waals surface area contributed by atoms with Gasteiger partial charge in [0, 0.05) is 28.8 Å². The summed E-state index contributed by atoms with van der Waals surface area (Å²) in [6, 6.07) is 14.0. The second-order valence-electron chi connectivity index (χ2n) is 4.90. The van der Waals surface area contributed by atoms with Crippen LogP contribution in [-0.4, -0.2) is 5.91 Å². The van der Waals surface area contributed by atoms with Crippen LogP contribution in [0.4, 0.5) is 0 Å². The lowest BCUT2D eigenvalue weighted by molar-refractivity contribution is 0.0951. The van der Waals surface area contributed by atoms with Gasteiger partial charge in [0.1, 0.15) is 0 Å². The van der Waals surface area contributed by atoms with E-state index in [0.29, 0.717) is 12.1 Å². The van der Waals surface area contributed by atoms with E-state index in [9.17, 15) is 4.79 Å². The number of benzene rings is 2. The van der Waals surface area contributed by atoms with E-state index in [0.717, 1.165) is 22.2 Å². The molecule has 0 unspecified atom stereocenters. The fourth-order valence-corrected chi connectivity index (χ4v) is 2.70. The molecule has 4 heteroatoms. The maximum atomic E-state index is 12.0. The number of nitrogens with one attached hydrogen (secondary N) is 2. The summed E-state index contributed by atoms with van der Waals surface area (Å²) in [6.45, 7) is 2.44. The van der Waals surface area contributed by atoms with E-state index < -0.39 is 0 Å². The van der Waals surface area contributed by atoms with Gasteiger partial charge in [0.15, 0.2) is 0 Å². The van der Waals surface area contributed by atoms with Crippen molar-refractivity contribution in [1.82, 2.24) is 10.6 Å². The highest BCUT2D eigenvalue weighted by molar-refractivity contribution is 14.1. The highest BCUT2D eigenvalue weighted by Gasteiger charge is 2.10. The molecule has 1 amide bonds. The highest BCUT2D eigenvalue weighted by Crippen LogP contribution is 2.17. The van der Waals surface area contributed by atoms with Gasteiger partial charge in [-0.2, -0.15) is 0 Å². The van der Waals surface area contributed by atoms with Crippen molar-refractivity contribution in [3.63, 3.8) is 0 Å². The van der Waals surface area contributed by atoms with Gasteiger partial charge in [-0.1, -0.05) is 18.2 Å². The predicted octanol–water partition coefficient (Wildman–Crippen LogP) is 2.82. The second-order valence-corrected chi connectivity index (χ2v) is 6.14. The molecular formula is C16H15IN2O. The minimum atomic E-state index is -0.0278. The molecule has 0 spiro atoms. The van der Waals surface area contributed by atoms with Gasteiger partial charge in [-0.3, -0.25) is 4.79 Å². The molecule has 0 aliphatic carbocycles. The van der Waals surface area contributed by atoms with Crippen molar-refractivity contribution in [1.29, 1.82) is 0 Å².